The number of ether oxygens (including phenoxy) is 1. The highest BCUT2D eigenvalue weighted by Crippen LogP contribution is 2.36. The maximum atomic E-state index is 14.1. The molecule has 2 saturated heterocycles. The second-order valence-corrected chi connectivity index (χ2v) is 11.7. The van der Waals surface area contributed by atoms with Crippen LogP contribution in [-0.4, -0.2) is 51.4 Å². The minimum Gasteiger partial charge on any atom is -0.454 e. The Kier molecular flexibility index (Phi) is 6.83. The van der Waals surface area contributed by atoms with Crippen LogP contribution < -0.4 is 31.7 Å². The molecule has 2 aliphatic rings. The monoisotopic (exact) mass is 608 g/mol. The molecule has 1 unspecified atom stereocenters. The van der Waals surface area contributed by atoms with E-state index in [9.17, 15) is 14.0 Å². The molecule has 0 aliphatic carbocycles. The topological polar surface area (TPSA) is 156 Å². The van der Waals surface area contributed by atoms with E-state index >= 15 is 0 Å². The summed E-state index contributed by atoms with van der Waals surface area (Å²) in [5.41, 5.74) is 16.9. The number of nitrogens with one attached hydrogen (secondary N) is 3. The van der Waals surface area contributed by atoms with Crippen molar-refractivity contribution in [1.29, 1.82) is 0 Å². The van der Waals surface area contributed by atoms with Gasteiger partial charge in [0.2, 0.25) is 5.78 Å². The number of halogens is 1. The van der Waals surface area contributed by atoms with E-state index in [1.807, 2.05) is 26.0 Å². The highest BCUT2D eigenvalue weighted by atomic mass is 19.1. The largest absolute Gasteiger partial charge is 0.454 e. The summed E-state index contributed by atoms with van der Waals surface area (Å²) in [7, 11) is 0. The van der Waals surface area contributed by atoms with Crippen molar-refractivity contribution in [2.24, 2.45) is 5.73 Å². The number of fused-ring (bicyclic) bond motifs is 1. The van der Waals surface area contributed by atoms with Crippen molar-refractivity contribution in [2.45, 2.75) is 38.4 Å². The molecule has 7 rings (SSSR count). The van der Waals surface area contributed by atoms with E-state index in [1.54, 1.807) is 47.4 Å². The predicted octanol–water partition coefficient (Wildman–Crippen LogP) is 4.65. The highest BCUT2D eigenvalue weighted by molar-refractivity contribution is 6.13. The van der Waals surface area contributed by atoms with Crippen LogP contribution in [0, 0.1) is 19.7 Å². The molecule has 2 aliphatic heterocycles. The van der Waals surface area contributed by atoms with Gasteiger partial charge in [-0.25, -0.2) is 13.9 Å². The number of carbonyl (C=O) groups excluding carboxylic acids is 2. The zero-order valence-electron chi connectivity index (χ0n) is 24.9. The van der Waals surface area contributed by atoms with E-state index < -0.39 is 17.5 Å². The lowest BCUT2D eigenvalue weighted by Crippen LogP contribution is -2.59. The van der Waals surface area contributed by atoms with E-state index in [1.165, 1.54) is 16.9 Å². The predicted molar refractivity (Wildman–Crippen MR) is 169 cm³/mol. The van der Waals surface area contributed by atoms with Crippen molar-refractivity contribution in [2.75, 3.05) is 23.7 Å². The van der Waals surface area contributed by atoms with Crippen molar-refractivity contribution in [3.05, 3.63) is 95.1 Å². The number of nitrogens with two attached hydrogens (primary N) is 2. The smallest absolute Gasteiger partial charge is 0.323 e. The number of aromatic amines is 1. The van der Waals surface area contributed by atoms with Gasteiger partial charge in [0.05, 0.1) is 34.4 Å². The number of para-hydroxylation sites is 1. The maximum Gasteiger partial charge on any atom is 0.323 e. The molecular formula is C33H33FN8O3. The van der Waals surface area contributed by atoms with Crippen LogP contribution in [0.1, 0.15) is 40.0 Å². The van der Waals surface area contributed by atoms with Gasteiger partial charge in [-0.1, -0.05) is 12.1 Å². The van der Waals surface area contributed by atoms with Gasteiger partial charge in [0.1, 0.15) is 17.7 Å². The van der Waals surface area contributed by atoms with E-state index in [-0.39, 0.29) is 28.9 Å². The minimum atomic E-state index is -0.520. The molecule has 4 heterocycles. The van der Waals surface area contributed by atoms with Gasteiger partial charge in [0, 0.05) is 10.9 Å². The van der Waals surface area contributed by atoms with E-state index in [0.29, 0.717) is 28.3 Å². The van der Waals surface area contributed by atoms with Gasteiger partial charge in [-0.15, -0.1) is 0 Å². The van der Waals surface area contributed by atoms with Gasteiger partial charge in [-0.05, 0) is 99.4 Å². The Morgan fingerprint density at radius 1 is 1.04 bits per heavy atom. The number of nitrogen functional groups attached to an aromatic ring is 1. The standard InChI is InChI=1S/C33H33FN8O3/c1-18-13-20-15-25(39-24(20)16-27(18)41-31(36)33(40-32(41)44)9-11-37-12-10-33)29(43)22-17-38-42(30(22)35)26-8-7-21(14-19(26)2)45-28-6-4-3-5-23(28)34/h3-8,13-17,31,37,39H,9-12,35-36H2,1-2H3,(H,40,44). The molecule has 2 fully saturated rings. The average molecular weight is 609 g/mol. The van der Waals surface area contributed by atoms with Crippen LogP contribution in [0.3, 0.4) is 0 Å². The number of nitrogens with zero attached hydrogens (tertiary/aromatic N) is 3. The second-order valence-electron chi connectivity index (χ2n) is 11.7. The van der Waals surface area contributed by atoms with Crippen LogP contribution >= 0.6 is 0 Å². The zero-order valence-corrected chi connectivity index (χ0v) is 24.9. The summed E-state index contributed by atoms with van der Waals surface area (Å²) in [5.74, 6) is -0.0369. The normalized spacial score (nSPS) is 17.6. The molecule has 1 atom stereocenters. The number of benzene rings is 3. The van der Waals surface area contributed by atoms with E-state index in [4.69, 9.17) is 16.2 Å². The third kappa shape index (κ3) is 4.78. The first kappa shape index (κ1) is 28.6. The molecule has 11 nitrogen and oxygen atoms in total. The number of piperidine rings is 1. The fourth-order valence-electron chi connectivity index (χ4n) is 6.39. The highest BCUT2D eigenvalue weighted by Gasteiger charge is 2.50. The van der Waals surface area contributed by atoms with E-state index in [0.717, 1.165) is 42.4 Å². The number of rotatable bonds is 6. The van der Waals surface area contributed by atoms with Crippen LogP contribution in [-0.2, 0) is 0 Å². The average Bonchev–Trinajstić information content (AvgIpc) is 3.67. The van der Waals surface area contributed by atoms with Crippen LogP contribution in [0.25, 0.3) is 16.6 Å². The number of urea groups is 1. The second kappa shape index (κ2) is 10.8. The summed E-state index contributed by atoms with van der Waals surface area (Å²) in [5, 5.41) is 11.7. The van der Waals surface area contributed by atoms with Gasteiger partial charge in [0.25, 0.3) is 0 Å². The summed E-state index contributed by atoms with van der Waals surface area (Å²) in [4.78, 5) is 31.6. The van der Waals surface area contributed by atoms with Gasteiger partial charge in [0.15, 0.2) is 11.6 Å². The number of anilines is 2. The molecule has 12 heteroatoms. The first-order chi connectivity index (χ1) is 21.6. The lowest BCUT2D eigenvalue weighted by Gasteiger charge is -2.37. The quantitative estimate of drug-likeness (QED) is 0.176. The third-order valence-electron chi connectivity index (χ3n) is 8.87. The Hall–Kier alpha value is -5.20. The molecular weight excluding hydrogens is 575 g/mol. The molecule has 2 aromatic heterocycles. The van der Waals surface area contributed by atoms with Crippen LogP contribution in [0.5, 0.6) is 11.5 Å². The summed E-state index contributed by atoms with van der Waals surface area (Å²) < 4.78 is 21.2. The van der Waals surface area contributed by atoms with Crippen molar-refractivity contribution >= 4 is 34.2 Å². The summed E-state index contributed by atoms with van der Waals surface area (Å²) >= 11 is 0. The lowest BCUT2D eigenvalue weighted by molar-refractivity contribution is 0.103. The van der Waals surface area contributed by atoms with Gasteiger partial charge in [-0.3, -0.25) is 9.69 Å². The third-order valence-corrected chi connectivity index (χ3v) is 8.87. The van der Waals surface area contributed by atoms with Gasteiger partial charge >= 0.3 is 6.03 Å². The van der Waals surface area contributed by atoms with Crippen LogP contribution in [0.15, 0.2) is 66.9 Å². The summed E-state index contributed by atoms with van der Waals surface area (Å²) in [6.07, 6.45) is 2.42. The van der Waals surface area contributed by atoms with Crippen LogP contribution in [0.2, 0.25) is 0 Å². The number of ketones is 1. The molecule has 7 N–H and O–H groups in total. The first-order valence-electron chi connectivity index (χ1n) is 14.8. The molecule has 1 spiro atoms. The fourth-order valence-corrected chi connectivity index (χ4v) is 6.39. The fraction of sp³-hybridized carbons (Fsp3) is 0.242. The number of aryl methyl sites for hydroxylation is 2. The Bertz CT molecular complexity index is 1980. The maximum absolute atomic E-state index is 14.1. The van der Waals surface area contributed by atoms with Gasteiger partial charge in [-0.2, -0.15) is 5.10 Å². The summed E-state index contributed by atoms with van der Waals surface area (Å²) in [6.45, 7) is 5.35. The zero-order chi connectivity index (χ0) is 31.5. The number of H-pyrrole nitrogens is 1. The summed E-state index contributed by atoms with van der Waals surface area (Å²) in [6, 6.07) is 16.7. The molecule has 3 aromatic carbocycles. The Labute approximate surface area is 258 Å². The molecule has 5 aromatic rings. The minimum absolute atomic E-state index is 0.119. The molecule has 0 saturated carbocycles. The van der Waals surface area contributed by atoms with Crippen molar-refractivity contribution in [3.8, 4) is 17.2 Å². The number of hydrogen-bond acceptors (Lipinski definition) is 7. The molecule has 230 valence electrons. The molecule has 45 heavy (non-hydrogen) atoms. The Morgan fingerprint density at radius 2 is 1.80 bits per heavy atom. The Morgan fingerprint density at radius 3 is 2.56 bits per heavy atom. The van der Waals surface area contributed by atoms with Crippen molar-refractivity contribution < 1.29 is 18.7 Å². The molecule has 0 radical (unpaired) electrons. The lowest BCUT2D eigenvalue weighted by atomic mass is 9.86. The molecule has 0 bridgehead atoms. The first-order valence-corrected chi connectivity index (χ1v) is 14.8. The SMILES string of the molecule is Cc1cc2cc(C(=O)c3cnn(-c4ccc(Oc5ccccc5F)cc4C)c3N)[nH]c2cc1N1C(=O)NC2(CCNCC2)C1N. The van der Waals surface area contributed by atoms with Gasteiger partial charge < -0.3 is 31.8 Å². The number of aromatic nitrogens is 3. The number of amides is 2. The molecule has 2 amide bonds. The van der Waals surface area contributed by atoms with Crippen LogP contribution in [0.4, 0.5) is 20.7 Å². The number of carbonyl (C=O) groups is 2. The Balaban J connectivity index is 1.15. The van der Waals surface area contributed by atoms with Crippen molar-refractivity contribution in [1.82, 2.24) is 25.4 Å². The van der Waals surface area contributed by atoms with Crippen molar-refractivity contribution in [3.63, 3.8) is 0 Å². The number of hydrogen-bond donors (Lipinski definition) is 5. The van der Waals surface area contributed by atoms with E-state index in [2.05, 4.69) is 20.7 Å².